The molecule has 0 saturated heterocycles. The highest BCUT2D eigenvalue weighted by Gasteiger charge is 2.00. The number of hydrogen-bond donors (Lipinski definition) is 1. The van der Waals surface area contributed by atoms with Crippen molar-refractivity contribution in [1.82, 2.24) is 0 Å². The van der Waals surface area contributed by atoms with Gasteiger partial charge in [0.1, 0.15) is 0 Å². The maximum Gasteiger partial charge on any atom is 0.331 e. The summed E-state index contributed by atoms with van der Waals surface area (Å²) in [6.45, 7) is 7.34. The molecule has 0 aliphatic carbocycles. The van der Waals surface area contributed by atoms with Crippen LogP contribution in [-0.4, -0.2) is 48.8 Å². The van der Waals surface area contributed by atoms with Gasteiger partial charge >= 0.3 is 23.9 Å². The Kier molecular flexibility index (Phi) is 24.3. The zero-order valence-electron chi connectivity index (χ0n) is 19.8. The molecule has 0 aliphatic rings. The number of ether oxygens (including phenoxy) is 3. The molecule has 0 amide bonds. The second-order valence-corrected chi connectivity index (χ2v) is 6.98. The van der Waals surface area contributed by atoms with Crippen molar-refractivity contribution >= 4 is 23.9 Å². The van der Waals surface area contributed by atoms with Gasteiger partial charge < -0.3 is 19.3 Å². The Morgan fingerprint density at radius 1 is 0.531 bits per heavy atom. The third kappa shape index (κ3) is 27.4. The second kappa shape index (κ2) is 24.6. The maximum atomic E-state index is 11.0. The van der Waals surface area contributed by atoms with Gasteiger partial charge in [0.25, 0.3) is 0 Å². The Labute approximate surface area is 192 Å². The number of esters is 3. The summed E-state index contributed by atoms with van der Waals surface area (Å²) in [6.07, 6.45) is 14.3. The highest BCUT2D eigenvalue weighted by molar-refractivity contribution is 5.91. The number of hydrogen-bond acceptors (Lipinski definition) is 7. The number of carbonyl (C=O) groups is 4. The van der Waals surface area contributed by atoms with E-state index >= 15 is 0 Å². The van der Waals surface area contributed by atoms with Crippen molar-refractivity contribution in [3.8, 4) is 0 Å². The van der Waals surface area contributed by atoms with Crippen LogP contribution >= 0.6 is 0 Å². The van der Waals surface area contributed by atoms with E-state index in [1.807, 2.05) is 13.8 Å². The summed E-state index contributed by atoms with van der Waals surface area (Å²) in [5.74, 6) is -2.73. The van der Waals surface area contributed by atoms with Gasteiger partial charge in [-0.25, -0.2) is 19.2 Å². The zero-order chi connectivity index (χ0) is 24.5. The summed E-state index contributed by atoms with van der Waals surface area (Å²) in [4.78, 5) is 43.1. The summed E-state index contributed by atoms with van der Waals surface area (Å²) in [5, 5.41) is 8.26. The lowest BCUT2D eigenvalue weighted by molar-refractivity contribution is -0.140. The van der Waals surface area contributed by atoms with E-state index in [0.29, 0.717) is 19.8 Å². The normalized spacial score (nSPS) is 10.5. The molecule has 0 bridgehead atoms. The lowest BCUT2D eigenvalue weighted by Gasteiger charge is -2.01. The van der Waals surface area contributed by atoms with Crippen molar-refractivity contribution in [3.05, 3.63) is 24.3 Å². The summed E-state index contributed by atoms with van der Waals surface area (Å²) in [7, 11) is 0. The molecule has 0 unspecified atom stereocenters. The standard InChI is InChI=1S/2C12H20O4/c1-3-5-9-15-11(13)7-8-12(14)16-10-6-4-2;1-2-3-4-5-6-7-10-16-12(15)9-8-11(13)14/h7-8H,3-6,9-10H2,1-2H3;8-9H,2-7,10H2,1H3,(H,13,14). The molecular weight excluding hydrogens is 416 g/mol. The number of carboxylic acids is 1. The summed E-state index contributed by atoms with van der Waals surface area (Å²) >= 11 is 0. The first-order chi connectivity index (χ1) is 15.4. The molecule has 0 aromatic carbocycles. The van der Waals surface area contributed by atoms with E-state index in [-0.39, 0.29) is 0 Å². The molecule has 184 valence electrons. The van der Waals surface area contributed by atoms with Gasteiger partial charge in [0, 0.05) is 24.3 Å². The molecule has 0 aromatic heterocycles. The van der Waals surface area contributed by atoms with Gasteiger partial charge in [-0.05, 0) is 19.3 Å². The quantitative estimate of drug-likeness (QED) is 0.144. The van der Waals surface area contributed by atoms with Crippen LogP contribution < -0.4 is 0 Å². The third-order valence-electron chi connectivity index (χ3n) is 3.94. The number of carboxylic acid groups (broad SMARTS) is 1. The fourth-order valence-electron chi connectivity index (χ4n) is 2.11. The molecule has 0 radical (unpaired) electrons. The van der Waals surface area contributed by atoms with E-state index in [1.165, 1.54) is 19.3 Å². The van der Waals surface area contributed by atoms with Crippen LogP contribution in [0.1, 0.15) is 85.0 Å². The minimum atomic E-state index is -1.14. The highest BCUT2D eigenvalue weighted by atomic mass is 16.5. The smallest absolute Gasteiger partial charge is 0.331 e. The topological polar surface area (TPSA) is 116 Å². The van der Waals surface area contributed by atoms with E-state index in [2.05, 4.69) is 6.92 Å². The van der Waals surface area contributed by atoms with Gasteiger partial charge in [0.15, 0.2) is 0 Å². The van der Waals surface area contributed by atoms with Crippen LogP contribution in [0.4, 0.5) is 0 Å². The van der Waals surface area contributed by atoms with Crippen molar-refractivity contribution in [2.75, 3.05) is 19.8 Å². The lowest BCUT2D eigenvalue weighted by Crippen LogP contribution is -2.05. The number of aliphatic carboxylic acids is 1. The van der Waals surface area contributed by atoms with Gasteiger partial charge in [-0.2, -0.15) is 0 Å². The maximum absolute atomic E-state index is 11.0. The van der Waals surface area contributed by atoms with Crippen LogP contribution in [-0.2, 0) is 33.4 Å². The molecule has 0 aromatic rings. The molecule has 0 atom stereocenters. The van der Waals surface area contributed by atoms with E-state index in [9.17, 15) is 19.2 Å². The first kappa shape index (κ1) is 31.5. The summed E-state index contributed by atoms with van der Waals surface area (Å²) in [6, 6.07) is 0. The van der Waals surface area contributed by atoms with E-state index < -0.39 is 23.9 Å². The summed E-state index contributed by atoms with van der Waals surface area (Å²) < 4.78 is 14.5. The molecule has 8 nitrogen and oxygen atoms in total. The van der Waals surface area contributed by atoms with Crippen molar-refractivity contribution in [3.63, 3.8) is 0 Å². The van der Waals surface area contributed by atoms with Gasteiger partial charge in [0.05, 0.1) is 19.8 Å². The average Bonchev–Trinajstić information content (AvgIpc) is 2.76. The molecule has 1 N–H and O–H groups in total. The fourth-order valence-corrected chi connectivity index (χ4v) is 2.11. The lowest BCUT2D eigenvalue weighted by atomic mass is 10.1. The summed E-state index contributed by atoms with van der Waals surface area (Å²) in [5.41, 5.74) is 0. The second-order valence-electron chi connectivity index (χ2n) is 6.98. The Hall–Kier alpha value is -2.64. The van der Waals surface area contributed by atoms with E-state index in [4.69, 9.17) is 19.3 Å². The predicted octanol–water partition coefficient (Wildman–Crippen LogP) is 4.76. The first-order valence-corrected chi connectivity index (χ1v) is 11.5. The minimum Gasteiger partial charge on any atom is -0.478 e. The predicted molar refractivity (Wildman–Crippen MR) is 122 cm³/mol. The zero-order valence-corrected chi connectivity index (χ0v) is 19.8. The minimum absolute atomic E-state index is 0.370. The fraction of sp³-hybridized carbons (Fsp3) is 0.667. The number of unbranched alkanes of at least 4 members (excludes halogenated alkanes) is 7. The molecule has 32 heavy (non-hydrogen) atoms. The number of rotatable bonds is 17. The SMILES string of the molecule is CCCCCCCCOC(=O)C=CC(=O)O.CCCCOC(=O)C=CC(=O)OCCCC. The van der Waals surface area contributed by atoms with Crippen molar-refractivity contribution in [2.24, 2.45) is 0 Å². The molecular formula is C24H40O8. The van der Waals surface area contributed by atoms with Crippen molar-refractivity contribution < 1.29 is 38.5 Å². The average molecular weight is 457 g/mol. The Morgan fingerprint density at radius 3 is 1.28 bits per heavy atom. The Morgan fingerprint density at radius 2 is 0.875 bits per heavy atom. The molecule has 0 heterocycles. The molecule has 0 fully saturated rings. The molecule has 0 aliphatic heterocycles. The van der Waals surface area contributed by atoms with E-state index in [1.54, 1.807) is 0 Å². The van der Waals surface area contributed by atoms with Crippen LogP contribution in [0.2, 0.25) is 0 Å². The monoisotopic (exact) mass is 456 g/mol. The molecule has 0 saturated carbocycles. The highest BCUT2D eigenvalue weighted by Crippen LogP contribution is 2.04. The van der Waals surface area contributed by atoms with Gasteiger partial charge in [-0.15, -0.1) is 0 Å². The van der Waals surface area contributed by atoms with E-state index in [0.717, 1.165) is 69.2 Å². The van der Waals surface area contributed by atoms with Crippen LogP contribution in [0.3, 0.4) is 0 Å². The third-order valence-corrected chi connectivity index (χ3v) is 3.94. The van der Waals surface area contributed by atoms with Crippen LogP contribution in [0.5, 0.6) is 0 Å². The van der Waals surface area contributed by atoms with Gasteiger partial charge in [-0.1, -0.05) is 65.7 Å². The largest absolute Gasteiger partial charge is 0.478 e. The van der Waals surface area contributed by atoms with Crippen molar-refractivity contribution in [1.29, 1.82) is 0 Å². The van der Waals surface area contributed by atoms with Crippen LogP contribution in [0.15, 0.2) is 24.3 Å². The Bertz CT molecular complexity index is 542. The number of carbonyl (C=O) groups excluding carboxylic acids is 3. The molecule has 0 rings (SSSR count). The molecule has 8 heteroatoms. The van der Waals surface area contributed by atoms with Crippen LogP contribution in [0.25, 0.3) is 0 Å². The van der Waals surface area contributed by atoms with Crippen LogP contribution in [0, 0.1) is 0 Å². The van der Waals surface area contributed by atoms with Gasteiger partial charge in [0.2, 0.25) is 0 Å². The Balaban J connectivity index is 0. The first-order valence-electron chi connectivity index (χ1n) is 11.5. The van der Waals surface area contributed by atoms with Crippen molar-refractivity contribution in [2.45, 2.75) is 85.0 Å². The van der Waals surface area contributed by atoms with Gasteiger partial charge in [-0.3, -0.25) is 0 Å². The molecule has 0 spiro atoms.